The molecule has 0 aliphatic heterocycles. The van der Waals surface area contributed by atoms with Crippen LogP contribution in [-0.2, 0) is 0 Å². The van der Waals surface area contributed by atoms with Gasteiger partial charge in [0.2, 0.25) is 0 Å². The van der Waals surface area contributed by atoms with Crippen LogP contribution in [0.2, 0.25) is 0 Å². The smallest absolute Gasteiger partial charge is 0.272 e. The number of rotatable bonds is 5. The lowest BCUT2D eigenvalue weighted by atomic mass is 10.2. The molecule has 2 aromatic heterocycles. The number of hydrogen-bond donors (Lipinski definition) is 2. The summed E-state index contributed by atoms with van der Waals surface area (Å²) in [7, 11) is 0. The Kier molecular flexibility index (Phi) is 5.24. The quantitative estimate of drug-likeness (QED) is 0.373. The summed E-state index contributed by atoms with van der Waals surface area (Å²) in [6, 6.07) is 29.2. The molecule has 2 heterocycles. The number of ether oxygens (including phenoxy) is 1. The van der Waals surface area contributed by atoms with Gasteiger partial charge >= 0.3 is 0 Å². The summed E-state index contributed by atoms with van der Waals surface area (Å²) in [4.78, 5) is 28.7. The number of fused-ring (bicyclic) bond motifs is 1. The molecule has 0 bridgehead atoms. The molecule has 0 saturated heterocycles. The minimum atomic E-state index is -0.314. The third-order valence-electron chi connectivity index (χ3n) is 5.28. The average molecular weight is 435 g/mol. The number of para-hydroxylation sites is 1. The summed E-state index contributed by atoms with van der Waals surface area (Å²) in [6.07, 6.45) is 0. The number of hydrogen-bond acceptors (Lipinski definition) is 3. The van der Waals surface area contributed by atoms with Crippen LogP contribution in [0.5, 0.6) is 11.5 Å². The first-order valence-corrected chi connectivity index (χ1v) is 10.5. The van der Waals surface area contributed by atoms with Crippen LogP contribution in [0.25, 0.3) is 16.7 Å². The molecule has 5 aromatic rings. The van der Waals surface area contributed by atoms with Crippen molar-refractivity contribution in [3.63, 3.8) is 0 Å². The van der Waals surface area contributed by atoms with Crippen molar-refractivity contribution < 1.29 is 9.53 Å². The Hall–Kier alpha value is -4.58. The molecule has 0 fully saturated rings. The van der Waals surface area contributed by atoms with Gasteiger partial charge in [-0.15, -0.1) is 0 Å². The lowest BCUT2D eigenvalue weighted by molar-refractivity contribution is 0.102. The van der Waals surface area contributed by atoms with Gasteiger partial charge in [-0.1, -0.05) is 42.0 Å². The first-order valence-electron chi connectivity index (χ1n) is 10.5. The summed E-state index contributed by atoms with van der Waals surface area (Å²) in [5.74, 6) is 1.01. The van der Waals surface area contributed by atoms with E-state index in [0.29, 0.717) is 28.5 Å². The van der Waals surface area contributed by atoms with Gasteiger partial charge in [-0.2, -0.15) is 0 Å². The highest BCUT2D eigenvalue weighted by Crippen LogP contribution is 2.25. The van der Waals surface area contributed by atoms with Gasteiger partial charge in [0.15, 0.2) is 0 Å². The molecule has 3 aromatic carbocycles. The number of nitrogens with one attached hydrogen (secondary N) is 2. The SMILES string of the molecule is Cc1ccc(-n2c(=O)ccc3cc(C(=O)Nc4cccc(Oc5ccccc5)c4)[nH]c32)cc1. The van der Waals surface area contributed by atoms with E-state index in [2.05, 4.69) is 10.3 Å². The van der Waals surface area contributed by atoms with Gasteiger partial charge in [0, 0.05) is 23.2 Å². The summed E-state index contributed by atoms with van der Waals surface area (Å²) >= 11 is 0. The van der Waals surface area contributed by atoms with Crippen molar-refractivity contribution in [2.75, 3.05) is 5.32 Å². The summed E-state index contributed by atoms with van der Waals surface area (Å²) in [6.45, 7) is 1.99. The molecular formula is C27H21N3O3. The van der Waals surface area contributed by atoms with Crippen LogP contribution in [0.4, 0.5) is 5.69 Å². The van der Waals surface area contributed by atoms with Crippen molar-refractivity contribution >= 4 is 22.6 Å². The maximum Gasteiger partial charge on any atom is 0.272 e. The third kappa shape index (κ3) is 4.27. The van der Waals surface area contributed by atoms with E-state index >= 15 is 0 Å². The number of nitrogens with zero attached hydrogens (tertiary/aromatic N) is 1. The van der Waals surface area contributed by atoms with Gasteiger partial charge in [-0.3, -0.25) is 14.2 Å². The summed E-state index contributed by atoms with van der Waals surface area (Å²) < 4.78 is 7.41. The zero-order valence-electron chi connectivity index (χ0n) is 17.9. The van der Waals surface area contributed by atoms with Crippen molar-refractivity contribution in [3.05, 3.63) is 119 Å². The molecule has 0 unspecified atom stereocenters. The van der Waals surface area contributed by atoms with Crippen LogP contribution < -0.4 is 15.6 Å². The van der Waals surface area contributed by atoms with Gasteiger partial charge in [0.25, 0.3) is 11.5 Å². The fourth-order valence-corrected chi connectivity index (χ4v) is 3.65. The summed E-state index contributed by atoms with van der Waals surface area (Å²) in [5, 5.41) is 3.65. The van der Waals surface area contributed by atoms with Gasteiger partial charge in [0.05, 0.1) is 5.69 Å². The van der Waals surface area contributed by atoms with Gasteiger partial charge < -0.3 is 15.0 Å². The molecule has 2 N–H and O–H groups in total. The number of carbonyl (C=O) groups excluding carboxylic acids is 1. The van der Waals surface area contributed by atoms with Gasteiger partial charge in [-0.25, -0.2) is 0 Å². The lowest BCUT2D eigenvalue weighted by Gasteiger charge is -2.09. The van der Waals surface area contributed by atoms with E-state index in [9.17, 15) is 9.59 Å². The Morgan fingerprint density at radius 3 is 2.39 bits per heavy atom. The molecule has 162 valence electrons. The number of pyridine rings is 1. The highest BCUT2D eigenvalue weighted by Gasteiger charge is 2.14. The van der Waals surface area contributed by atoms with Crippen LogP contribution in [0, 0.1) is 6.92 Å². The zero-order chi connectivity index (χ0) is 22.8. The molecule has 0 radical (unpaired) electrons. The Bertz CT molecular complexity index is 1500. The van der Waals surface area contributed by atoms with Crippen LogP contribution in [0.15, 0.2) is 102 Å². The number of H-pyrrole nitrogens is 1. The fraction of sp³-hybridized carbons (Fsp3) is 0.0370. The maximum absolute atomic E-state index is 13.0. The molecule has 0 spiro atoms. The molecule has 0 aliphatic carbocycles. The second kappa shape index (κ2) is 8.51. The van der Waals surface area contributed by atoms with Crippen molar-refractivity contribution in [2.24, 2.45) is 0 Å². The van der Waals surface area contributed by atoms with E-state index in [0.717, 1.165) is 16.6 Å². The Morgan fingerprint density at radius 2 is 1.61 bits per heavy atom. The Labute approximate surface area is 190 Å². The van der Waals surface area contributed by atoms with E-state index in [4.69, 9.17) is 4.74 Å². The number of carbonyl (C=O) groups is 1. The average Bonchev–Trinajstić information content (AvgIpc) is 3.25. The van der Waals surface area contributed by atoms with Gasteiger partial charge in [-0.05, 0) is 55.5 Å². The number of benzene rings is 3. The van der Waals surface area contributed by atoms with Crippen molar-refractivity contribution in [2.45, 2.75) is 6.92 Å². The predicted molar refractivity (Wildman–Crippen MR) is 130 cm³/mol. The van der Waals surface area contributed by atoms with E-state index in [1.807, 2.05) is 73.7 Å². The van der Waals surface area contributed by atoms with Crippen molar-refractivity contribution in [1.82, 2.24) is 9.55 Å². The largest absolute Gasteiger partial charge is 0.457 e. The van der Waals surface area contributed by atoms with Crippen LogP contribution >= 0.6 is 0 Å². The minimum absolute atomic E-state index is 0.175. The standard InChI is InChI=1S/C27H21N3O3/c1-18-10-13-21(14-11-18)30-25(31)15-12-19-16-24(29-26(19)30)27(32)28-20-6-5-9-23(17-20)33-22-7-3-2-4-8-22/h2-17,29H,1H3,(H,28,32). The van der Waals surface area contributed by atoms with E-state index in [1.54, 1.807) is 28.8 Å². The second-order valence-electron chi connectivity index (χ2n) is 7.73. The predicted octanol–water partition coefficient (Wildman–Crippen LogP) is 5.67. The Balaban J connectivity index is 1.43. The van der Waals surface area contributed by atoms with E-state index in [1.165, 1.54) is 6.07 Å². The lowest BCUT2D eigenvalue weighted by Crippen LogP contribution is -2.17. The van der Waals surface area contributed by atoms with Crippen molar-refractivity contribution in [3.8, 4) is 17.2 Å². The molecular weight excluding hydrogens is 414 g/mol. The first kappa shape index (κ1) is 20.3. The maximum atomic E-state index is 13.0. The number of aromatic nitrogens is 2. The molecule has 6 heteroatoms. The minimum Gasteiger partial charge on any atom is -0.457 e. The highest BCUT2D eigenvalue weighted by atomic mass is 16.5. The van der Waals surface area contributed by atoms with E-state index < -0.39 is 0 Å². The molecule has 0 atom stereocenters. The molecule has 6 nitrogen and oxygen atoms in total. The topological polar surface area (TPSA) is 76.1 Å². The zero-order valence-corrected chi connectivity index (χ0v) is 17.9. The van der Waals surface area contributed by atoms with Crippen molar-refractivity contribution in [1.29, 1.82) is 0 Å². The molecule has 33 heavy (non-hydrogen) atoms. The number of aromatic amines is 1. The fourth-order valence-electron chi connectivity index (χ4n) is 3.65. The monoisotopic (exact) mass is 435 g/mol. The number of aryl methyl sites for hydroxylation is 1. The second-order valence-corrected chi connectivity index (χ2v) is 7.73. The molecule has 1 amide bonds. The van der Waals surface area contributed by atoms with Crippen LogP contribution in [-0.4, -0.2) is 15.5 Å². The van der Waals surface area contributed by atoms with Crippen LogP contribution in [0.3, 0.4) is 0 Å². The number of anilines is 1. The third-order valence-corrected chi connectivity index (χ3v) is 5.28. The normalized spacial score (nSPS) is 10.8. The van der Waals surface area contributed by atoms with Gasteiger partial charge in [0.1, 0.15) is 22.8 Å². The highest BCUT2D eigenvalue weighted by molar-refractivity contribution is 6.05. The number of amides is 1. The Morgan fingerprint density at radius 1 is 0.848 bits per heavy atom. The van der Waals surface area contributed by atoms with Crippen LogP contribution in [0.1, 0.15) is 16.1 Å². The first-order chi connectivity index (χ1) is 16.1. The molecule has 5 rings (SSSR count). The molecule has 0 aliphatic rings. The molecule has 0 saturated carbocycles. The summed E-state index contributed by atoms with van der Waals surface area (Å²) in [5.41, 5.74) is 3.18. The van der Waals surface area contributed by atoms with E-state index in [-0.39, 0.29) is 11.5 Å².